The summed E-state index contributed by atoms with van der Waals surface area (Å²) in [5.41, 5.74) is -1.61. The average molecular weight is 338 g/mol. The molecule has 0 spiro atoms. The van der Waals surface area contributed by atoms with E-state index in [0.717, 1.165) is 0 Å². The number of pyridine rings is 1. The summed E-state index contributed by atoms with van der Waals surface area (Å²) in [5.74, 6) is 0.0938. The van der Waals surface area contributed by atoms with Crippen molar-refractivity contribution < 1.29 is 26.3 Å². The minimum absolute atomic E-state index is 0.0499. The Kier molecular flexibility index (Phi) is 3.66. The highest BCUT2D eigenvalue weighted by molar-refractivity contribution is 5.74. The first-order valence-corrected chi connectivity index (χ1v) is 6.77. The highest BCUT2D eigenvalue weighted by atomic mass is 19.4. The second kappa shape index (κ2) is 5.29. The molecule has 3 heterocycles. The van der Waals surface area contributed by atoms with Gasteiger partial charge in [-0.1, -0.05) is 0 Å². The Morgan fingerprint density at radius 2 is 1.91 bits per heavy atom. The van der Waals surface area contributed by atoms with E-state index in [9.17, 15) is 26.3 Å². The van der Waals surface area contributed by atoms with Crippen molar-refractivity contribution in [1.29, 1.82) is 0 Å². The Labute approximate surface area is 127 Å². The van der Waals surface area contributed by atoms with Gasteiger partial charge >= 0.3 is 12.4 Å². The van der Waals surface area contributed by atoms with Crippen molar-refractivity contribution in [3.63, 3.8) is 0 Å². The van der Waals surface area contributed by atoms with E-state index < -0.39 is 30.0 Å². The average Bonchev–Trinajstić information content (AvgIpc) is 2.43. The molecule has 0 aliphatic carbocycles. The summed E-state index contributed by atoms with van der Waals surface area (Å²) in [6, 6.07) is 0.693. The van der Waals surface area contributed by atoms with Crippen LogP contribution in [0.4, 0.5) is 37.8 Å². The van der Waals surface area contributed by atoms with Gasteiger partial charge in [0.2, 0.25) is 0 Å². The van der Waals surface area contributed by atoms with Crippen LogP contribution >= 0.6 is 0 Å². The number of hydrogen-bond donors (Lipinski definition) is 2. The molecule has 1 aromatic heterocycles. The summed E-state index contributed by atoms with van der Waals surface area (Å²) in [6.45, 7) is 1.45. The zero-order chi connectivity index (χ0) is 16.8. The summed E-state index contributed by atoms with van der Waals surface area (Å²) < 4.78 is 77.0. The van der Waals surface area contributed by atoms with Crippen molar-refractivity contribution in [2.75, 3.05) is 29.9 Å². The van der Waals surface area contributed by atoms with Crippen LogP contribution < -0.4 is 15.5 Å². The van der Waals surface area contributed by atoms with Gasteiger partial charge in [-0.2, -0.15) is 26.3 Å². The Hall–Kier alpha value is -1.97. The summed E-state index contributed by atoms with van der Waals surface area (Å²) in [6.07, 6.45) is -9.87. The van der Waals surface area contributed by atoms with E-state index in [1.807, 2.05) is 0 Å². The van der Waals surface area contributed by atoms with Crippen LogP contribution in [0.1, 0.15) is 11.3 Å². The number of nitrogens with one attached hydrogen (secondary N) is 2. The predicted molar refractivity (Wildman–Crippen MR) is 70.9 cm³/mol. The van der Waals surface area contributed by atoms with Crippen LogP contribution in [-0.2, 0) is 12.6 Å². The molecule has 0 radical (unpaired) electrons. The Balaban J connectivity index is 2.09. The predicted octanol–water partition coefficient (Wildman–Crippen LogP) is 2.88. The van der Waals surface area contributed by atoms with Crippen LogP contribution in [0.15, 0.2) is 18.0 Å². The second-order valence-electron chi connectivity index (χ2n) is 5.25. The van der Waals surface area contributed by atoms with E-state index >= 15 is 0 Å². The van der Waals surface area contributed by atoms with Gasteiger partial charge in [-0.15, -0.1) is 0 Å². The summed E-state index contributed by atoms with van der Waals surface area (Å²) >= 11 is 0. The molecular weight excluding hydrogens is 326 g/mol. The highest BCUT2D eigenvalue weighted by Crippen LogP contribution is 2.40. The van der Waals surface area contributed by atoms with Crippen LogP contribution in [0.2, 0.25) is 0 Å². The number of aromatic nitrogens is 1. The number of hydrogen-bond acceptors (Lipinski definition) is 4. The standard InChI is InChI=1S/C13H12F6N4/c14-12(15,16)4-10-8(13(17,18)19)3-9-11(22-10)23-2-1-20-5-7(23)6-21-9/h3,6,20-21H,1-2,4-5H2. The van der Waals surface area contributed by atoms with Crippen LogP contribution in [0.25, 0.3) is 0 Å². The molecule has 2 aliphatic rings. The Morgan fingerprint density at radius 1 is 1.17 bits per heavy atom. The number of alkyl halides is 6. The molecule has 0 atom stereocenters. The van der Waals surface area contributed by atoms with Crippen LogP contribution in [0.5, 0.6) is 0 Å². The van der Waals surface area contributed by atoms with Crippen molar-refractivity contribution >= 4 is 11.5 Å². The van der Waals surface area contributed by atoms with Crippen molar-refractivity contribution in [3.8, 4) is 0 Å². The van der Waals surface area contributed by atoms with Crippen molar-refractivity contribution in [2.24, 2.45) is 0 Å². The van der Waals surface area contributed by atoms with Gasteiger partial charge in [0.05, 0.1) is 23.4 Å². The third kappa shape index (κ3) is 3.21. The Bertz CT molecular complexity index is 649. The normalized spacial score (nSPS) is 18.0. The molecule has 4 nitrogen and oxygen atoms in total. The van der Waals surface area contributed by atoms with Gasteiger partial charge in [-0.25, -0.2) is 4.98 Å². The van der Waals surface area contributed by atoms with E-state index in [1.54, 1.807) is 4.90 Å². The molecule has 0 saturated carbocycles. The summed E-state index contributed by atoms with van der Waals surface area (Å²) in [7, 11) is 0. The van der Waals surface area contributed by atoms with Crippen LogP contribution in [0.3, 0.4) is 0 Å². The van der Waals surface area contributed by atoms with Gasteiger partial charge in [0, 0.05) is 31.5 Å². The molecule has 1 saturated heterocycles. The monoisotopic (exact) mass is 338 g/mol. The van der Waals surface area contributed by atoms with Crippen LogP contribution in [0, 0.1) is 0 Å². The van der Waals surface area contributed by atoms with Gasteiger partial charge in [0.1, 0.15) is 0 Å². The highest BCUT2D eigenvalue weighted by Gasteiger charge is 2.40. The number of halogens is 6. The molecule has 0 aromatic carbocycles. The summed E-state index contributed by atoms with van der Waals surface area (Å²) in [4.78, 5) is 5.33. The molecule has 1 aromatic rings. The first-order valence-electron chi connectivity index (χ1n) is 6.77. The number of anilines is 2. The zero-order valence-corrected chi connectivity index (χ0v) is 11.6. The SMILES string of the molecule is FC(F)(F)Cc1nc2c(cc1C(F)(F)F)NC=C1CNCCN12. The molecule has 0 bridgehead atoms. The minimum Gasteiger partial charge on any atom is -0.357 e. The quantitative estimate of drug-likeness (QED) is 0.773. The lowest BCUT2D eigenvalue weighted by Crippen LogP contribution is -2.44. The fraction of sp³-hybridized carbons (Fsp3) is 0.462. The fourth-order valence-corrected chi connectivity index (χ4v) is 2.60. The lowest BCUT2D eigenvalue weighted by Gasteiger charge is -2.36. The molecule has 2 N–H and O–H groups in total. The van der Waals surface area contributed by atoms with E-state index in [1.165, 1.54) is 6.20 Å². The number of nitrogens with zero attached hydrogens (tertiary/aromatic N) is 2. The second-order valence-corrected chi connectivity index (χ2v) is 5.25. The molecule has 10 heteroatoms. The molecule has 2 aliphatic heterocycles. The lowest BCUT2D eigenvalue weighted by atomic mass is 10.1. The topological polar surface area (TPSA) is 40.2 Å². The molecule has 126 valence electrons. The third-order valence-electron chi connectivity index (χ3n) is 3.57. The molecular formula is C13H12F6N4. The van der Waals surface area contributed by atoms with Crippen molar-refractivity contribution in [2.45, 2.75) is 18.8 Å². The third-order valence-corrected chi connectivity index (χ3v) is 3.57. The van der Waals surface area contributed by atoms with Crippen molar-refractivity contribution in [1.82, 2.24) is 10.3 Å². The van der Waals surface area contributed by atoms with Gasteiger partial charge < -0.3 is 15.5 Å². The fourth-order valence-electron chi connectivity index (χ4n) is 2.60. The van der Waals surface area contributed by atoms with Crippen molar-refractivity contribution in [3.05, 3.63) is 29.2 Å². The zero-order valence-electron chi connectivity index (χ0n) is 11.6. The van der Waals surface area contributed by atoms with Gasteiger partial charge in [0.25, 0.3) is 0 Å². The van der Waals surface area contributed by atoms with E-state index in [0.29, 0.717) is 31.4 Å². The van der Waals surface area contributed by atoms with E-state index in [2.05, 4.69) is 15.6 Å². The molecule has 23 heavy (non-hydrogen) atoms. The lowest BCUT2D eigenvalue weighted by molar-refractivity contribution is -0.143. The van der Waals surface area contributed by atoms with Crippen LogP contribution in [-0.4, -0.2) is 30.8 Å². The minimum atomic E-state index is -4.91. The van der Waals surface area contributed by atoms with Gasteiger partial charge in [0.15, 0.2) is 5.82 Å². The Morgan fingerprint density at radius 3 is 2.57 bits per heavy atom. The first-order chi connectivity index (χ1) is 10.6. The van der Waals surface area contributed by atoms with E-state index in [4.69, 9.17) is 0 Å². The maximum absolute atomic E-state index is 13.1. The number of piperazine rings is 1. The maximum atomic E-state index is 13.1. The molecule has 3 rings (SSSR count). The smallest absolute Gasteiger partial charge is 0.357 e. The first kappa shape index (κ1) is 15.9. The molecule has 0 unspecified atom stereocenters. The number of fused-ring (bicyclic) bond motifs is 3. The van der Waals surface area contributed by atoms with E-state index in [-0.39, 0.29) is 11.5 Å². The summed E-state index contributed by atoms with van der Waals surface area (Å²) in [5, 5.41) is 5.74. The maximum Gasteiger partial charge on any atom is 0.418 e. The number of rotatable bonds is 1. The molecule has 1 fully saturated rings. The van der Waals surface area contributed by atoms with Gasteiger partial charge in [-0.05, 0) is 6.07 Å². The van der Waals surface area contributed by atoms with Gasteiger partial charge in [-0.3, -0.25) is 0 Å². The molecule has 0 amide bonds. The largest absolute Gasteiger partial charge is 0.418 e.